The molecule has 200 valence electrons. The van der Waals surface area contributed by atoms with E-state index in [1.807, 2.05) is 30.3 Å². The summed E-state index contributed by atoms with van der Waals surface area (Å²) in [5.74, 6) is -3.34. The largest absolute Gasteiger partial charge is 0.458 e. The van der Waals surface area contributed by atoms with Crippen LogP contribution in [0.4, 0.5) is 5.69 Å². The number of rotatable bonds is 6. The third-order valence-electron chi connectivity index (χ3n) is 8.70. The SMILES string of the molecule is COC[C@H]1OC(=O)C(CNc2ccccc2)=C2C(=O)C(=O)C3=C([C@H](OC(C)=O)C[C@]4(C)C(=O)CC[C@@H]34)[C@]21C. The number of benzene rings is 1. The summed E-state index contributed by atoms with van der Waals surface area (Å²) >= 11 is 0. The van der Waals surface area contributed by atoms with Gasteiger partial charge in [0.15, 0.2) is 0 Å². The van der Waals surface area contributed by atoms with Crippen molar-refractivity contribution in [2.24, 2.45) is 16.7 Å². The summed E-state index contributed by atoms with van der Waals surface area (Å²) in [6.45, 7) is 4.70. The second-order valence-electron chi connectivity index (χ2n) is 10.8. The van der Waals surface area contributed by atoms with Crippen LogP contribution in [0.25, 0.3) is 0 Å². The number of Topliss-reactive ketones (excluding diaryl/α,β-unsaturated/α-hetero) is 3. The summed E-state index contributed by atoms with van der Waals surface area (Å²) in [4.78, 5) is 66.3. The number of allylic oxidation sites excluding steroid dienone is 1. The van der Waals surface area contributed by atoms with Gasteiger partial charge in [-0.2, -0.15) is 0 Å². The van der Waals surface area contributed by atoms with Crippen LogP contribution in [0.2, 0.25) is 0 Å². The number of ketones is 3. The highest BCUT2D eigenvalue weighted by atomic mass is 16.6. The third-order valence-corrected chi connectivity index (χ3v) is 8.70. The van der Waals surface area contributed by atoms with E-state index in [1.165, 1.54) is 14.0 Å². The molecule has 1 saturated carbocycles. The molecule has 0 spiro atoms. The van der Waals surface area contributed by atoms with Gasteiger partial charge in [-0.15, -0.1) is 0 Å². The van der Waals surface area contributed by atoms with Crippen LogP contribution in [0.1, 0.15) is 40.0 Å². The van der Waals surface area contributed by atoms with Crippen LogP contribution in [0.15, 0.2) is 52.6 Å². The molecule has 1 N–H and O–H groups in total. The van der Waals surface area contributed by atoms with Gasteiger partial charge in [0.25, 0.3) is 0 Å². The molecule has 5 atom stereocenters. The van der Waals surface area contributed by atoms with Crippen LogP contribution in [-0.4, -0.2) is 61.8 Å². The Morgan fingerprint density at radius 3 is 2.47 bits per heavy atom. The van der Waals surface area contributed by atoms with Crippen molar-refractivity contribution >= 4 is 35.0 Å². The number of carbonyl (C=O) groups is 5. The number of hydrogen-bond donors (Lipinski definition) is 1. The predicted molar refractivity (Wildman–Crippen MR) is 135 cm³/mol. The molecule has 5 rings (SSSR count). The second kappa shape index (κ2) is 9.31. The van der Waals surface area contributed by atoms with Gasteiger partial charge in [-0.25, -0.2) is 4.79 Å². The lowest BCUT2D eigenvalue weighted by molar-refractivity contribution is -0.161. The lowest BCUT2D eigenvalue weighted by atomic mass is 9.52. The minimum absolute atomic E-state index is 0.0193. The number of ether oxygens (including phenoxy) is 3. The third kappa shape index (κ3) is 3.74. The molecule has 0 radical (unpaired) electrons. The molecule has 0 saturated heterocycles. The number of anilines is 1. The Balaban J connectivity index is 1.74. The topological polar surface area (TPSA) is 125 Å². The number of para-hydroxylation sites is 1. The molecule has 9 heteroatoms. The van der Waals surface area contributed by atoms with Crippen molar-refractivity contribution < 1.29 is 38.2 Å². The average Bonchev–Trinajstić information content (AvgIpc) is 3.16. The fourth-order valence-electron chi connectivity index (χ4n) is 6.91. The van der Waals surface area contributed by atoms with E-state index < -0.39 is 52.5 Å². The summed E-state index contributed by atoms with van der Waals surface area (Å²) < 4.78 is 17.0. The van der Waals surface area contributed by atoms with Gasteiger partial charge in [-0.1, -0.05) is 25.1 Å². The quantitative estimate of drug-likeness (QED) is 0.444. The molecule has 1 aromatic rings. The van der Waals surface area contributed by atoms with E-state index in [2.05, 4.69) is 5.32 Å². The van der Waals surface area contributed by atoms with Gasteiger partial charge >= 0.3 is 11.9 Å². The van der Waals surface area contributed by atoms with Crippen LogP contribution in [-0.2, 0) is 38.2 Å². The number of fused-ring (bicyclic) bond motifs is 4. The van der Waals surface area contributed by atoms with E-state index in [4.69, 9.17) is 14.2 Å². The number of cyclic esters (lactones) is 1. The van der Waals surface area contributed by atoms with Crippen LogP contribution in [0.5, 0.6) is 0 Å². The normalized spacial score (nSPS) is 32.5. The molecule has 1 aromatic carbocycles. The Bertz CT molecular complexity index is 1310. The van der Waals surface area contributed by atoms with Gasteiger partial charge in [0, 0.05) is 61.6 Å². The van der Waals surface area contributed by atoms with Crippen molar-refractivity contribution in [3.63, 3.8) is 0 Å². The van der Waals surface area contributed by atoms with E-state index in [0.717, 1.165) is 5.69 Å². The Kier molecular flexibility index (Phi) is 6.38. The van der Waals surface area contributed by atoms with Crippen LogP contribution in [0, 0.1) is 16.7 Å². The average molecular weight is 522 g/mol. The number of carbonyl (C=O) groups excluding carboxylic acids is 5. The minimum atomic E-state index is -1.30. The monoisotopic (exact) mass is 521 g/mol. The Morgan fingerprint density at radius 2 is 1.82 bits per heavy atom. The van der Waals surface area contributed by atoms with E-state index >= 15 is 0 Å². The molecule has 1 fully saturated rings. The van der Waals surface area contributed by atoms with E-state index in [-0.39, 0.29) is 48.5 Å². The zero-order valence-corrected chi connectivity index (χ0v) is 21.9. The first kappa shape index (κ1) is 26.0. The first-order valence-electron chi connectivity index (χ1n) is 12.8. The first-order chi connectivity index (χ1) is 18.0. The molecule has 1 heterocycles. The molecular weight excluding hydrogens is 490 g/mol. The van der Waals surface area contributed by atoms with Gasteiger partial charge < -0.3 is 19.5 Å². The fourth-order valence-corrected chi connectivity index (χ4v) is 6.91. The lowest BCUT2D eigenvalue weighted by Crippen LogP contribution is -2.59. The molecule has 9 nitrogen and oxygen atoms in total. The maximum Gasteiger partial charge on any atom is 0.336 e. The Hall–Kier alpha value is -3.59. The van der Waals surface area contributed by atoms with Crippen molar-refractivity contribution in [2.45, 2.75) is 52.2 Å². The van der Waals surface area contributed by atoms with Gasteiger partial charge in [-0.3, -0.25) is 19.2 Å². The highest BCUT2D eigenvalue weighted by Gasteiger charge is 2.65. The number of hydrogen-bond acceptors (Lipinski definition) is 9. The smallest absolute Gasteiger partial charge is 0.336 e. The summed E-state index contributed by atoms with van der Waals surface area (Å²) in [5.41, 5.74) is -0.770. The highest BCUT2D eigenvalue weighted by Crippen LogP contribution is 2.61. The van der Waals surface area contributed by atoms with Gasteiger partial charge in [0.2, 0.25) is 11.6 Å². The number of esters is 2. The second-order valence-corrected chi connectivity index (χ2v) is 10.8. The van der Waals surface area contributed by atoms with Crippen LogP contribution in [0.3, 0.4) is 0 Å². The molecule has 0 amide bonds. The van der Waals surface area contributed by atoms with Gasteiger partial charge in [0.05, 0.1) is 17.6 Å². The molecule has 38 heavy (non-hydrogen) atoms. The Labute approximate surface area is 220 Å². The van der Waals surface area contributed by atoms with Crippen LogP contribution >= 0.6 is 0 Å². The maximum atomic E-state index is 13.9. The fraction of sp³-hybridized carbons (Fsp3) is 0.483. The highest BCUT2D eigenvalue weighted by molar-refractivity contribution is 6.51. The summed E-state index contributed by atoms with van der Waals surface area (Å²) in [6.07, 6.45) is -1.01. The maximum absolute atomic E-state index is 13.9. The van der Waals surface area contributed by atoms with Crippen molar-refractivity contribution in [2.75, 3.05) is 25.6 Å². The number of nitrogens with one attached hydrogen (secondary N) is 1. The van der Waals surface area contributed by atoms with Crippen molar-refractivity contribution in [3.05, 3.63) is 52.6 Å². The van der Waals surface area contributed by atoms with Crippen molar-refractivity contribution in [1.82, 2.24) is 0 Å². The molecule has 3 aliphatic carbocycles. The first-order valence-corrected chi connectivity index (χ1v) is 12.8. The standard InChI is InChI=1S/C29H31NO8/c1-15(31)37-19-12-28(2)18(10-11-20(28)32)22-24(19)29(3)21(14-36-4)38-27(35)17(23(29)26(34)25(22)33)13-30-16-8-6-5-7-9-16/h5-9,18-19,21,30H,10-14H2,1-4H3/t18-,19+,21+,28-,29-/m0/s1. The lowest BCUT2D eigenvalue weighted by Gasteiger charge is -2.53. The molecule has 1 aliphatic heterocycles. The summed E-state index contributed by atoms with van der Waals surface area (Å²) in [6, 6.07) is 9.14. The minimum Gasteiger partial charge on any atom is -0.458 e. The zero-order valence-electron chi connectivity index (χ0n) is 21.9. The van der Waals surface area contributed by atoms with E-state index in [0.29, 0.717) is 12.0 Å². The predicted octanol–water partition coefficient (Wildman–Crippen LogP) is 2.74. The molecule has 0 aromatic heterocycles. The van der Waals surface area contributed by atoms with E-state index in [9.17, 15) is 24.0 Å². The molecular formula is C29H31NO8. The van der Waals surface area contributed by atoms with Gasteiger partial charge in [0.1, 0.15) is 18.0 Å². The summed E-state index contributed by atoms with van der Waals surface area (Å²) in [5, 5.41) is 3.14. The summed E-state index contributed by atoms with van der Waals surface area (Å²) in [7, 11) is 1.45. The van der Waals surface area contributed by atoms with Crippen molar-refractivity contribution in [1.29, 1.82) is 0 Å². The van der Waals surface area contributed by atoms with E-state index in [1.54, 1.807) is 13.8 Å². The van der Waals surface area contributed by atoms with Gasteiger partial charge in [-0.05, 0) is 31.1 Å². The molecule has 0 bridgehead atoms. The van der Waals surface area contributed by atoms with Crippen molar-refractivity contribution in [3.8, 4) is 0 Å². The van der Waals surface area contributed by atoms with Crippen LogP contribution < -0.4 is 5.32 Å². The molecule has 4 aliphatic rings. The molecule has 0 unspecified atom stereocenters. The number of methoxy groups -OCH3 is 1. The Morgan fingerprint density at radius 1 is 1.11 bits per heavy atom. The zero-order chi connectivity index (χ0) is 27.4.